The van der Waals surface area contributed by atoms with Crippen molar-refractivity contribution < 1.29 is 13.2 Å². The van der Waals surface area contributed by atoms with Gasteiger partial charge in [-0.3, -0.25) is 4.99 Å². The molecule has 0 saturated heterocycles. The molecule has 3 N–H and O–H groups in total. The molecular formula is C33H34F3N3. The Morgan fingerprint density at radius 3 is 2.28 bits per heavy atom. The van der Waals surface area contributed by atoms with Crippen molar-refractivity contribution in [2.45, 2.75) is 45.2 Å². The summed E-state index contributed by atoms with van der Waals surface area (Å²) in [6.07, 6.45) is 0.612. The Kier molecular flexibility index (Phi) is 8.75. The van der Waals surface area contributed by atoms with Gasteiger partial charge in [-0.25, -0.2) is 0 Å². The first kappa shape index (κ1) is 28.0. The Morgan fingerprint density at radius 1 is 0.923 bits per heavy atom. The van der Waals surface area contributed by atoms with Crippen LogP contribution in [0.15, 0.2) is 102 Å². The molecule has 0 aliphatic carbocycles. The maximum atomic E-state index is 13.8. The summed E-state index contributed by atoms with van der Waals surface area (Å²) in [6, 6.07) is 26.0. The highest BCUT2D eigenvalue weighted by molar-refractivity contribution is 6.09. The number of nitrogens with two attached hydrogens (primary N) is 1. The molecule has 1 unspecified atom stereocenters. The zero-order valence-corrected chi connectivity index (χ0v) is 22.5. The largest absolute Gasteiger partial charge is 0.432 e. The molecule has 0 aliphatic heterocycles. The van der Waals surface area contributed by atoms with Crippen LogP contribution in [0.5, 0.6) is 0 Å². The van der Waals surface area contributed by atoms with Gasteiger partial charge in [-0.2, -0.15) is 13.2 Å². The number of halogens is 3. The van der Waals surface area contributed by atoms with Crippen molar-refractivity contribution in [3.63, 3.8) is 0 Å². The number of aliphatic imine (C=N–C) groups is 1. The molecule has 0 heterocycles. The summed E-state index contributed by atoms with van der Waals surface area (Å²) in [5.41, 5.74) is 8.38. The second kappa shape index (κ2) is 12.2. The minimum atomic E-state index is -4.53. The summed E-state index contributed by atoms with van der Waals surface area (Å²) in [4.78, 5) is 3.58. The monoisotopic (exact) mass is 529 g/mol. The molecule has 0 amide bonds. The molecule has 0 radical (unpaired) electrons. The third-order valence-corrected chi connectivity index (χ3v) is 7.01. The highest BCUT2D eigenvalue weighted by Crippen LogP contribution is 2.36. The topological polar surface area (TPSA) is 50.4 Å². The van der Waals surface area contributed by atoms with Crippen molar-refractivity contribution >= 4 is 38.5 Å². The van der Waals surface area contributed by atoms with Crippen LogP contribution in [0.4, 0.5) is 18.9 Å². The van der Waals surface area contributed by atoms with Gasteiger partial charge in [0.15, 0.2) is 0 Å². The van der Waals surface area contributed by atoms with Crippen molar-refractivity contribution in [2.75, 3.05) is 12.4 Å². The van der Waals surface area contributed by atoms with Gasteiger partial charge in [0, 0.05) is 12.7 Å². The Bertz CT molecular complexity index is 1530. The molecule has 0 aliphatic rings. The lowest BCUT2D eigenvalue weighted by atomic mass is 9.86. The van der Waals surface area contributed by atoms with Crippen LogP contribution >= 0.6 is 0 Å². The minimum Gasteiger partial charge on any atom is -0.386 e. The fourth-order valence-electron chi connectivity index (χ4n) is 4.95. The van der Waals surface area contributed by atoms with Gasteiger partial charge in [-0.15, -0.1) is 0 Å². The fraction of sp³-hybridized carbons (Fsp3) is 0.242. The van der Waals surface area contributed by atoms with Crippen molar-refractivity contribution in [1.82, 2.24) is 0 Å². The number of nitrogens with zero attached hydrogens (tertiary/aromatic N) is 1. The quantitative estimate of drug-likeness (QED) is 0.168. The summed E-state index contributed by atoms with van der Waals surface area (Å²) >= 11 is 0. The second-order valence-electron chi connectivity index (χ2n) is 9.62. The van der Waals surface area contributed by atoms with Crippen LogP contribution in [0.3, 0.4) is 0 Å². The number of anilines is 1. The van der Waals surface area contributed by atoms with E-state index in [0.717, 1.165) is 51.2 Å². The Morgan fingerprint density at radius 2 is 1.62 bits per heavy atom. The van der Waals surface area contributed by atoms with Gasteiger partial charge in [0.25, 0.3) is 0 Å². The first-order valence-electron chi connectivity index (χ1n) is 13.2. The highest BCUT2D eigenvalue weighted by Gasteiger charge is 2.34. The highest BCUT2D eigenvalue weighted by atomic mass is 19.4. The third kappa shape index (κ3) is 6.69. The molecule has 0 saturated carbocycles. The zero-order valence-electron chi connectivity index (χ0n) is 22.5. The van der Waals surface area contributed by atoms with Crippen molar-refractivity contribution in [3.05, 3.63) is 108 Å². The molecule has 4 rings (SSSR count). The molecule has 0 spiro atoms. The van der Waals surface area contributed by atoms with E-state index in [1.165, 1.54) is 13.1 Å². The van der Waals surface area contributed by atoms with Crippen molar-refractivity contribution in [2.24, 2.45) is 10.7 Å². The van der Waals surface area contributed by atoms with Gasteiger partial charge in [-0.05, 0) is 93.8 Å². The van der Waals surface area contributed by atoms with Gasteiger partial charge in [0.2, 0.25) is 0 Å². The summed E-state index contributed by atoms with van der Waals surface area (Å²) in [6.45, 7) is 4.07. The lowest BCUT2D eigenvalue weighted by Gasteiger charge is -2.20. The number of nitrogens with one attached hydrogen (secondary N) is 1. The van der Waals surface area contributed by atoms with Gasteiger partial charge >= 0.3 is 6.18 Å². The average molecular weight is 530 g/mol. The smallest absolute Gasteiger partial charge is 0.386 e. The molecule has 0 aromatic heterocycles. The SMILES string of the molecule is CC/C=C(\N)Nc1ccc(C(CC)C/C(=C\C(=NC)C(F)(F)F)c2ccc3c(ccc4ccccc43)c2)cc1. The normalized spacial score (nSPS) is 14.2. The fourth-order valence-corrected chi connectivity index (χ4v) is 4.95. The van der Waals surface area contributed by atoms with Crippen LogP contribution in [-0.4, -0.2) is 18.9 Å². The number of alkyl halides is 3. The molecule has 4 aromatic carbocycles. The van der Waals surface area contributed by atoms with Crippen LogP contribution in [-0.2, 0) is 0 Å². The van der Waals surface area contributed by atoms with E-state index in [4.69, 9.17) is 5.73 Å². The Labute approximate surface area is 227 Å². The maximum Gasteiger partial charge on any atom is 0.432 e. The lowest BCUT2D eigenvalue weighted by molar-refractivity contribution is -0.0577. The van der Waals surface area contributed by atoms with Crippen LogP contribution in [0, 0.1) is 0 Å². The van der Waals surface area contributed by atoms with E-state index in [0.29, 0.717) is 17.8 Å². The van der Waals surface area contributed by atoms with E-state index in [-0.39, 0.29) is 5.92 Å². The van der Waals surface area contributed by atoms with E-state index < -0.39 is 11.9 Å². The predicted octanol–water partition coefficient (Wildman–Crippen LogP) is 9.22. The van der Waals surface area contributed by atoms with Gasteiger partial charge in [0.05, 0.1) is 5.82 Å². The van der Waals surface area contributed by atoms with Gasteiger partial charge in [-0.1, -0.05) is 74.5 Å². The Hall–Kier alpha value is -4.06. The number of hydrogen-bond acceptors (Lipinski definition) is 3. The first-order valence-corrected chi connectivity index (χ1v) is 13.2. The zero-order chi connectivity index (χ0) is 28.0. The molecule has 6 heteroatoms. The lowest BCUT2D eigenvalue weighted by Crippen LogP contribution is -2.21. The average Bonchev–Trinajstić information content (AvgIpc) is 2.93. The predicted molar refractivity (Wildman–Crippen MR) is 159 cm³/mol. The number of allylic oxidation sites excluding steroid dienone is 3. The van der Waals surface area contributed by atoms with Crippen LogP contribution in [0.25, 0.3) is 27.1 Å². The van der Waals surface area contributed by atoms with Crippen molar-refractivity contribution in [1.29, 1.82) is 0 Å². The summed E-state index contributed by atoms with van der Waals surface area (Å²) in [7, 11) is 1.19. The number of hydrogen-bond donors (Lipinski definition) is 2. The van der Waals surface area contributed by atoms with Crippen molar-refractivity contribution in [3.8, 4) is 0 Å². The molecule has 0 fully saturated rings. The number of fused-ring (bicyclic) bond motifs is 3. The molecule has 0 bridgehead atoms. The molecular weight excluding hydrogens is 495 g/mol. The van der Waals surface area contributed by atoms with Crippen LogP contribution in [0.2, 0.25) is 0 Å². The van der Waals surface area contributed by atoms with Gasteiger partial charge in [0.1, 0.15) is 5.71 Å². The standard InChI is InChI=1S/C33H34F3N3/c1-4-8-32(37)39-28-16-13-23(14-17-28)22(5-2)19-27(21-31(38-3)33(34,35)36)25-15-18-30-26(20-25)12-11-24-9-6-7-10-29(24)30/h6-18,20-22,39H,4-5,19,37H2,1-3H3/b27-21+,32-8+,38-31?. The first-order chi connectivity index (χ1) is 18.7. The van der Waals surface area contributed by atoms with Crippen LogP contribution < -0.4 is 11.1 Å². The van der Waals surface area contributed by atoms with E-state index in [1.807, 2.05) is 79.7 Å². The van der Waals surface area contributed by atoms with E-state index in [9.17, 15) is 13.2 Å². The number of benzene rings is 4. The maximum absolute atomic E-state index is 13.8. The number of rotatable bonds is 9. The van der Waals surface area contributed by atoms with E-state index in [1.54, 1.807) is 0 Å². The third-order valence-electron chi connectivity index (χ3n) is 7.01. The van der Waals surface area contributed by atoms with Gasteiger partial charge < -0.3 is 11.1 Å². The molecule has 1 atom stereocenters. The summed E-state index contributed by atoms with van der Waals surface area (Å²) < 4.78 is 41.3. The van der Waals surface area contributed by atoms with E-state index >= 15 is 0 Å². The second-order valence-corrected chi connectivity index (χ2v) is 9.62. The van der Waals surface area contributed by atoms with E-state index in [2.05, 4.69) is 29.4 Å². The molecule has 4 aromatic rings. The Balaban J connectivity index is 1.73. The molecule has 3 nitrogen and oxygen atoms in total. The van der Waals surface area contributed by atoms with Crippen LogP contribution in [0.1, 0.15) is 50.2 Å². The minimum absolute atomic E-state index is 0.0208. The summed E-state index contributed by atoms with van der Waals surface area (Å²) in [5, 5.41) is 7.46. The summed E-state index contributed by atoms with van der Waals surface area (Å²) in [5.74, 6) is 0.609. The molecule has 39 heavy (non-hydrogen) atoms. The molecule has 202 valence electrons.